The molecule has 0 aromatic heterocycles. The minimum atomic E-state index is -1.75. The first kappa shape index (κ1) is 30.2. The van der Waals surface area contributed by atoms with Gasteiger partial charge in [0, 0.05) is 6.42 Å². The van der Waals surface area contributed by atoms with Crippen LogP contribution in [0.3, 0.4) is 0 Å². The van der Waals surface area contributed by atoms with Crippen molar-refractivity contribution in [2.24, 2.45) is 46.3 Å². The van der Waals surface area contributed by atoms with Crippen LogP contribution in [0.5, 0.6) is 0 Å². The molecule has 6 N–H and O–H groups in total. The molecule has 4 saturated carbocycles. The number of aliphatic carboxylic acids is 2. The molecule has 10 heteroatoms. The predicted octanol–water partition coefficient (Wildman–Crippen LogP) is 2.39. The zero-order valence-corrected chi connectivity index (χ0v) is 23.9. The molecule has 5 fully saturated rings. The minimum Gasteiger partial charge on any atom is -0.481 e. The second-order valence-corrected chi connectivity index (χ2v) is 14.2. The van der Waals surface area contributed by atoms with Gasteiger partial charge in [-0.1, -0.05) is 20.8 Å². The number of carbonyl (C=O) groups is 2. The third kappa shape index (κ3) is 5.00. The molecule has 40 heavy (non-hydrogen) atoms. The monoisotopic (exact) mass is 568 g/mol. The minimum absolute atomic E-state index is 0.0312. The van der Waals surface area contributed by atoms with Crippen molar-refractivity contribution in [3.63, 3.8) is 0 Å². The van der Waals surface area contributed by atoms with Crippen LogP contribution in [-0.2, 0) is 19.1 Å². The van der Waals surface area contributed by atoms with Crippen molar-refractivity contribution in [1.29, 1.82) is 0 Å². The van der Waals surface area contributed by atoms with Gasteiger partial charge in [0.15, 0.2) is 12.4 Å². The van der Waals surface area contributed by atoms with Gasteiger partial charge in [-0.15, -0.1) is 0 Å². The van der Waals surface area contributed by atoms with Crippen LogP contribution in [0.15, 0.2) is 0 Å². The molecule has 1 saturated heterocycles. The van der Waals surface area contributed by atoms with Crippen molar-refractivity contribution >= 4 is 11.9 Å². The predicted molar refractivity (Wildman–Crippen MR) is 142 cm³/mol. The molecule has 15 atom stereocenters. The largest absolute Gasteiger partial charge is 0.481 e. The van der Waals surface area contributed by atoms with Gasteiger partial charge in [-0.05, 0) is 104 Å². The van der Waals surface area contributed by atoms with E-state index in [1.807, 2.05) is 0 Å². The Morgan fingerprint density at radius 3 is 2.25 bits per heavy atom. The average Bonchev–Trinajstić information content (AvgIpc) is 3.25. The fourth-order valence-corrected chi connectivity index (χ4v) is 10.2. The molecule has 0 aromatic rings. The summed E-state index contributed by atoms with van der Waals surface area (Å²) >= 11 is 0. The summed E-state index contributed by atoms with van der Waals surface area (Å²) in [6.45, 7) is 6.95. The maximum absolute atomic E-state index is 11.6. The fourth-order valence-electron chi connectivity index (χ4n) is 10.2. The molecule has 5 rings (SSSR count). The zero-order valence-electron chi connectivity index (χ0n) is 23.9. The van der Waals surface area contributed by atoms with Gasteiger partial charge < -0.3 is 40.1 Å². The third-order valence-corrected chi connectivity index (χ3v) is 12.3. The molecule has 0 amide bonds. The van der Waals surface area contributed by atoms with E-state index in [0.29, 0.717) is 49.4 Å². The van der Waals surface area contributed by atoms with Crippen LogP contribution >= 0.6 is 0 Å². The molecule has 0 aromatic carbocycles. The summed E-state index contributed by atoms with van der Waals surface area (Å²) in [7, 11) is 0. The van der Waals surface area contributed by atoms with E-state index in [-0.39, 0.29) is 35.2 Å². The van der Waals surface area contributed by atoms with Crippen LogP contribution < -0.4 is 0 Å². The standard InChI is InChI=1S/C30H48O10/c1-14(4-7-21(32)33)17-5-6-18-22-19(9-11-30(17,18)3)29(2)10-8-16(12-15(29)13-20(22)31)39-28-25(36)23(34)24(35)26(40-28)27(37)38/h14-20,22-26,28,31,34-36H,4-13H2,1-3H3,(H,32,33)(H,37,38)/t14-,15?,16-,17-,18+,19+,20-,22+,23+,24+,25-,26+,28?,29+,30-/m1/s1. The Hall–Kier alpha value is -1.30. The number of aliphatic hydroxyl groups excluding tert-OH is 4. The van der Waals surface area contributed by atoms with Crippen molar-refractivity contribution < 1.29 is 49.7 Å². The summed E-state index contributed by atoms with van der Waals surface area (Å²) in [5, 5.41) is 60.8. The Bertz CT molecular complexity index is 959. The van der Waals surface area contributed by atoms with E-state index in [9.17, 15) is 40.2 Å². The number of hydrogen-bond donors (Lipinski definition) is 6. The molecule has 1 heterocycles. The second kappa shape index (κ2) is 11.1. The van der Waals surface area contributed by atoms with Crippen LogP contribution in [0, 0.1) is 46.3 Å². The highest BCUT2D eigenvalue weighted by Gasteiger charge is 2.63. The Labute approximate surface area is 236 Å². The summed E-state index contributed by atoms with van der Waals surface area (Å²) in [5.74, 6) is -0.107. The van der Waals surface area contributed by atoms with E-state index in [1.54, 1.807) is 0 Å². The number of fused-ring (bicyclic) bond motifs is 5. The van der Waals surface area contributed by atoms with Crippen molar-refractivity contribution in [3.05, 3.63) is 0 Å². The van der Waals surface area contributed by atoms with Crippen molar-refractivity contribution in [1.82, 2.24) is 0 Å². The molecular formula is C30H48O10. The lowest BCUT2D eigenvalue weighted by Gasteiger charge is -2.62. The summed E-state index contributed by atoms with van der Waals surface area (Å²) in [4.78, 5) is 22.7. The fraction of sp³-hybridized carbons (Fsp3) is 0.933. The number of rotatable bonds is 7. The van der Waals surface area contributed by atoms with Crippen LogP contribution in [0.4, 0.5) is 0 Å². The normalized spacial score (nSPS) is 51.3. The van der Waals surface area contributed by atoms with Crippen LogP contribution in [0.2, 0.25) is 0 Å². The van der Waals surface area contributed by atoms with Crippen molar-refractivity contribution in [2.75, 3.05) is 0 Å². The van der Waals surface area contributed by atoms with Gasteiger partial charge in [-0.2, -0.15) is 0 Å². The van der Waals surface area contributed by atoms with E-state index in [4.69, 9.17) is 9.47 Å². The molecule has 5 aliphatic rings. The second-order valence-electron chi connectivity index (χ2n) is 14.2. The first-order chi connectivity index (χ1) is 18.8. The van der Waals surface area contributed by atoms with Crippen molar-refractivity contribution in [2.45, 2.75) is 128 Å². The molecule has 1 aliphatic heterocycles. The van der Waals surface area contributed by atoms with E-state index in [2.05, 4.69) is 20.8 Å². The van der Waals surface area contributed by atoms with E-state index in [0.717, 1.165) is 32.1 Å². The number of carboxylic acid groups (broad SMARTS) is 2. The number of carboxylic acids is 2. The lowest BCUT2D eigenvalue weighted by molar-refractivity contribution is -0.310. The van der Waals surface area contributed by atoms with E-state index in [1.165, 1.54) is 0 Å². The van der Waals surface area contributed by atoms with Crippen LogP contribution in [0.25, 0.3) is 0 Å². The number of aliphatic hydroxyl groups is 4. The highest BCUT2D eigenvalue weighted by molar-refractivity contribution is 5.73. The smallest absolute Gasteiger partial charge is 0.335 e. The topological polar surface area (TPSA) is 174 Å². The number of hydrogen-bond acceptors (Lipinski definition) is 8. The molecule has 0 radical (unpaired) electrons. The van der Waals surface area contributed by atoms with Gasteiger partial charge in [-0.3, -0.25) is 4.79 Å². The summed E-state index contributed by atoms with van der Waals surface area (Å²) in [6, 6.07) is 0. The molecule has 0 spiro atoms. The first-order valence-electron chi connectivity index (χ1n) is 15.3. The maximum atomic E-state index is 11.6. The highest BCUT2D eigenvalue weighted by Crippen LogP contribution is 2.68. The zero-order chi connectivity index (χ0) is 29.1. The van der Waals surface area contributed by atoms with Gasteiger partial charge in [0.25, 0.3) is 0 Å². The number of ether oxygens (including phenoxy) is 2. The molecular weight excluding hydrogens is 520 g/mol. The molecule has 228 valence electrons. The SMILES string of the molecule is C[C@H](CCC(=O)O)[C@H]1CC[C@H]2[C@@H]3[C@H](O)CC4C[C@H](OC5O[C@H](C(=O)O)[C@@H](O)[C@H](O)[C@H]5O)CC[C@]4(C)[C@H]3CC[C@]12C. The van der Waals surface area contributed by atoms with E-state index >= 15 is 0 Å². The van der Waals surface area contributed by atoms with E-state index < -0.39 is 48.7 Å². The third-order valence-electron chi connectivity index (χ3n) is 12.3. The average molecular weight is 569 g/mol. The lowest BCUT2D eigenvalue weighted by Crippen LogP contribution is -2.61. The van der Waals surface area contributed by atoms with Crippen LogP contribution in [0.1, 0.15) is 85.0 Å². The quantitative estimate of drug-likeness (QED) is 0.250. The molecule has 4 aliphatic carbocycles. The van der Waals surface area contributed by atoms with Gasteiger partial charge >= 0.3 is 11.9 Å². The van der Waals surface area contributed by atoms with Crippen molar-refractivity contribution in [3.8, 4) is 0 Å². The lowest BCUT2D eigenvalue weighted by atomic mass is 9.43. The molecule has 0 bridgehead atoms. The maximum Gasteiger partial charge on any atom is 0.335 e. The Balaban J connectivity index is 1.27. The summed E-state index contributed by atoms with van der Waals surface area (Å²) in [6.07, 6.45) is -0.687. The Morgan fingerprint density at radius 1 is 0.900 bits per heavy atom. The van der Waals surface area contributed by atoms with Crippen LogP contribution in [-0.4, -0.2) is 85.5 Å². The Kier molecular flexibility index (Phi) is 8.36. The first-order valence-corrected chi connectivity index (χ1v) is 15.3. The highest BCUT2D eigenvalue weighted by atomic mass is 16.7. The Morgan fingerprint density at radius 2 is 1.57 bits per heavy atom. The summed E-state index contributed by atoms with van der Waals surface area (Å²) < 4.78 is 11.4. The molecule has 10 nitrogen and oxygen atoms in total. The van der Waals surface area contributed by atoms with Gasteiger partial charge in [-0.25, -0.2) is 4.79 Å². The summed E-state index contributed by atoms with van der Waals surface area (Å²) in [5.41, 5.74) is 0.146. The van der Waals surface area contributed by atoms with Gasteiger partial charge in [0.05, 0.1) is 12.2 Å². The van der Waals surface area contributed by atoms with Gasteiger partial charge in [0.1, 0.15) is 18.3 Å². The van der Waals surface area contributed by atoms with Gasteiger partial charge in [0.2, 0.25) is 0 Å². The molecule has 2 unspecified atom stereocenters.